The van der Waals surface area contributed by atoms with Gasteiger partial charge < -0.3 is 21.3 Å². The Balaban J connectivity index is 0.000000151. The number of carbonyl (C=O) groups excluding carboxylic acids is 4. The Morgan fingerprint density at radius 1 is 0.637 bits per heavy atom. The molecule has 80 heavy (non-hydrogen) atoms. The number of anilines is 4. The van der Waals surface area contributed by atoms with Crippen LogP contribution in [0.4, 0.5) is 58.7 Å². The third-order valence-corrected chi connectivity index (χ3v) is 20.1. The van der Waals surface area contributed by atoms with E-state index in [-0.39, 0.29) is 108 Å². The molecular formula is C52H54F8N14O4S2. The fraction of sp³-hybridized carbons (Fsp3) is 0.577. The maximum Gasteiger partial charge on any atom is 0.435 e. The standard InChI is InChI=1S/2C26H27F4N7O2S/c2*1-36-21(9-19(35-36)26(28,29)30)33-24-34-31-11-37(24)12-2-3-17-14(6-12)22(23(39)32-20-10-25(20)4-5-25)18(40-17)8-16(38)13-7-15(13)27/h2*9,11-13,15,20H,2-8,10H2,1H3,(H,32,39)(H,33,34)/t12-,13-,15+,20+;12-,13-,15+,20-/m00/s1. The number of alkyl halides is 8. The number of hydrogen-bond acceptors (Lipinski definition) is 14. The predicted molar refractivity (Wildman–Crippen MR) is 272 cm³/mol. The van der Waals surface area contributed by atoms with Crippen LogP contribution in [-0.4, -0.2) is 96.9 Å². The van der Waals surface area contributed by atoms with Crippen LogP contribution in [0.5, 0.6) is 0 Å². The minimum atomic E-state index is -4.58. The summed E-state index contributed by atoms with van der Waals surface area (Å²) in [7, 11) is 2.81. The molecule has 0 bridgehead atoms. The van der Waals surface area contributed by atoms with Gasteiger partial charge in [-0.15, -0.1) is 43.1 Å². The molecule has 6 saturated carbocycles. The summed E-state index contributed by atoms with van der Waals surface area (Å²) in [6, 6.07) is 1.81. The summed E-state index contributed by atoms with van der Waals surface area (Å²) in [5.41, 5.74) is 1.30. The molecule has 8 aliphatic rings. The van der Waals surface area contributed by atoms with E-state index in [9.17, 15) is 54.3 Å². The van der Waals surface area contributed by atoms with Crippen LogP contribution in [-0.2, 0) is 74.6 Å². The number of ketones is 2. The van der Waals surface area contributed by atoms with Gasteiger partial charge in [0.15, 0.2) is 11.4 Å². The average Bonchev–Trinajstić information content (AvgIpc) is 4.52. The molecule has 0 unspecified atom stereocenters. The fourth-order valence-electron chi connectivity index (χ4n) is 11.9. The molecule has 2 amide bonds. The van der Waals surface area contributed by atoms with Gasteiger partial charge in [-0.05, 0) is 112 Å². The van der Waals surface area contributed by atoms with Gasteiger partial charge in [0.05, 0.1) is 23.0 Å². The van der Waals surface area contributed by atoms with E-state index in [4.69, 9.17) is 0 Å². The molecule has 8 aliphatic carbocycles. The molecule has 6 fully saturated rings. The smallest absolute Gasteiger partial charge is 0.349 e. The number of fused-ring (bicyclic) bond motifs is 2. The number of aryl methyl sites for hydroxylation is 4. The Morgan fingerprint density at radius 3 is 1.35 bits per heavy atom. The van der Waals surface area contributed by atoms with Crippen molar-refractivity contribution in [1.82, 2.24) is 59.7 Å². The van der Waals surface area contributed by atoms with Gasteiger partial charge >= 0.3 is 12.4 Å². The second-order valence-corrected chi connectivity index (χ2v) is 25.4. The van der Waals surface area contributed by atoms with Gasteiger partial charge in [-0.3, -0.25) is 37.7 Å². The van der Waals surface area contributed by atoms with Crippen LogP contribution in [0.25, 0.3) is 0 Å². The SMILES string of the molecule is Cn1nc(C(F)(F)F)cc1Nc1nncn1[C@H]1CCc2sc(CC(=O)[C@H]3C[C@H]3F)c(C(=O)N[C@@H]3CC34CC4)c2C1.Cn1nc(C(F)(F)F)cc1Nc1nncn1[C@H]1CCc2sc(CC(=O)[C@H]3C[C@H]3F)c(C(=O)N[C@H]3CC34CC4)c2C1. The van der Waals surface area contributed by atoms with Crippen LogP contribution in [0.1, 0.15) is 139 Å². The first-order valence-corrected chi connectivity index (χ1v) is 28.5. The third kappa shape index (κ3) is 10.1. The first-order chi connectivity index (χ1) is 38.0. The highest BCUT2D eigenvalue weighted by molar-refractivity contribution is 7.13. The summed E-state index contributed by atoms with van der Waals surface area (Å²) >= 11 is 2.93. The molecule has 2 spiro atoms. The van der Waals surface area contributed by atoms with Gasteiger partial charge in [0.2, 0.25) is 11.9 Å². The van der Waals surface area contributed by atoms with Crippen molar-refractivity contribution < 1.29 is 54.3 Å². The Kier molecular flexibility index (Phi) is 12.5. The summed E-state index contributed by atoms with van der Waals surface area (Å²) in [6.45, 7) is 0. The molecule has 6 aromatic heterocycles. The summed E-state index contributed by atoms with van der Waals surface area (Å²) < 4.78 is 112. The zero-order chi connectivity index (χ0) is 55.9. The lowest BCUT2D eigenvalue weighted by Gasteiger charge is -2.25. The van der Waals surface area contributed by atoms with E-state index in [0.29, 0.717) is 59.4 Å². The van der Waals surface area contributed by atoms with Crippen LogP contribution < -0.4 is 21.3 Å². The van der Waals surface area contributed by atoms with E-state index in [0.717, 1.165) is 80.9 Å². The summed E-state index contributed by atoms with van der Waals surface area (Å²) in [5.74, 6) is -1.09. The number of aromatic nitrogens is 10. The minimum Gasteiger partial charge on any atom is -0.349 e. The summed E-state index contributed by atoms with van der Waals surface area (Å²) in [6.07, 6.45) is 2.39. The highest BCUT2D eigenvalue weighted by atomic mass is 32.1. The van der Waals surface area contributed by atoms with Crippen molar-refractivity contribution in [3.05, 3.63) is 77.9 Å². The Bertz CT molecular complexity index is 3270. The maximum atomic E-state index is 13.6. The fourth-order valence-corrected chi connectivity index (χ4v) is 14.6. The van der Waals surface area contributed by atoms with Crippen molar-refractivity contribution in [1.29, 1.82) is 0 Å². The molecule has 0 radical (unpaired) electrons. The zero-order valence-electron chi connectivity index (χ0n) is 43.2. The molecule has 18 nitrogen and oxygen atoms in total. The number of nitrogens with one attached hydrogen (secondary N) is 4. The van der Waals surface area contributed by atoms with Crippen LogP contribution in [0.15, 0.2) is 24.8 Å². The quantitative estimate of drug-likeness (QED) is 0.0671. The second kappa shape index (κ2) is 19.0. The molecule has 0 aliphatic heterocycles. The van der Waals surface area contributed by atoms with Crippen molar-refractivity contribution in [2.45, 2.75) is 152 Å². The van der Waals surface area contributed by atoms with E-state index in [2.05, 4.69) is 51.9 Å². The first-order valence-electron chi connectivity index (χ1n) is 26.8. The largest absolute Gasteiger partial charge is 0.435 e. The number of halogens is 8. The molecule has 424 valence electrons. The summed E-state index contributed by atoms with van der Waals surface area (Å²) in [4.78, 5) is 56.0. The van der Waals surface area contributed by atoms with E-state index in [1.807, 2.05) is 0 Å². The van der Waals surface area contributed by atoms with Crippen molar-refractivity contribution >= 4 is 69.6 Å². The molecule has 4 N–H and O–H groups in total. The topological polar surface area (TPSA) is 213 Å². The van der Waals surface area contributed by atoms with Crippen molar-refractivity contribution in [3.8, 4) is 0 Å². The third-order valence-electron chi connectivity index (χ3n) is 17.5. The number of nitrogens with zero attached hydrogens (tertiary/aromatic N) is 10. The molecule has 28 heteroatoms. The monoisotopic (exact) mass is 1150 g/mol. The lowest BCUT2D eigenvalue weighted by molar-refractivity contribution is -0.142. The van der Waals surface area contributed by atoms with Crippen LogP contribution in [0.3, 0.4) is 0 Å². The Morgan fingerprint density at radius 2 is 1.02 bits per heavy atom. The molecule has 14 rings (SSSR count). The van der Waals surface area contributed by atoms with Crippen molar-refractivity contribution in [2.75, 3.05) is 10.6 Å². The molecule has 6 heterocycles. The van der Waals surface area contributed by atoms with E-state index in [1.165, 1.54) is 49.4 Å². The predicted octanol–water partition coefficient (Wildman–Crippen LogP) is 8.63. The Hall–Kier alpha value is -6.58. The maximum absolute atomic E-state index is 13.6. The van der Waals surface area contributed by atoms with E-state index >= 15 is 0 Å². The second-order valence-electron chi connectivity index (χ2n) is 23.0. The lowest BCUT2D eigenvalue weighted by Crippen LogP contribution is -2.30. The van der Waals surface area contributed by atoms with Crippen LogP contribution in [0, 0.1) is 22.7 Å². The lowest BCUT2D eigenvalue weighted by atomic mass is 9.90. The van der Waals surface area contributed by atoms with Gasteiger partial charge in [-0.2, -0.15) is 36.5 Å². The van der Waals surface area contributed by atoms with Gasteiger partial charge in [0.1, 0.15) is 48.2 Å². The molecule has 8 atom stereocenters. The van der Waals surface area contributed by atoms with Crippen LogP contribution in [0.2, 0.25) is 0 Å². The molecule has 0 saturated heterocycles. The average molecular weight is 1160 g/mol. The van der Waals surface area contributed by atoms with Gasteiger partial charge in [-0.25, -0.2) is 8.78 Å². The molecular weight excluding hydrogens is 1100 g/mol. The number of hydrogen-bond donors (Lipinski definition) is 4. The van der Waals surface area contributed by atoms with Gasteiger partial charge in [0, 0.05) is 82.7 Å². The molecule has 0 aromatic carbocycles. The van der Waals surface area contributed by atoms with E-state index in [1.54, 1.807) is 9.13 Å². The highest BCUT2D eigenvalue weighted by Crippen LogP contribution is 2.66. The first kappa shape index (κ1) is 52.8. The van der Waals surface area contributed by atoms with Gasteiger partial charge in [-0.1, -0.05) is 0 Å². The number of amides is 2. The normalized spacial score (nSPS) is 25.9. The van der Waals surface area contributed by atoms with E-state index < -0.39 is 47.9 Å². The number of thiophene rings is 2. The van der Waals surface area contributed by atoms with Crippen molar-refractivity contribution in [2.24, 2.45) is 36.8 Å². The van der Waals surface area contributed by atoms with Crippen molar-refractivity contribution in [3.63, 3.8) is 0 Å². The van der Waals surface area contributed by atoms with Crippen LogP contribution >= 0.6 is 22.7 Å². The zero-order valence-corrected chi connectivity index (χ0v) is 44.8. The highest BCUT2D eigenvalue weighted by Gasteiger charge is 2.64. The summed E-state index contributed by atoms with van der Waals surface area (Å²) in [5, 5.41) is 35.4. The number of rotatable bonds is 16. The van der Waals surface area contributed by atoms with Gasteiger partial charge in [0.25, 0.3) is 11.8 Å². The Labute approximate surface area is 458 Å². The molecule has 6 aromatic rings. The number of carbonyl (C=O) groups is 4. The minimum absolute atomic E-state index is 0.0491. The number of Topliss-reactive ketones (excluding diaryl/α,β-unsaturated/α-hetero) is 2.